The molecular formula is C12H20N4O. The third-order valence-corrected chi connectivity index (χ3v) is 2.63. The summed E-state index contributed by atoms with van der Waals surface area (Å²) < 4.78 is 6.90. The summed E-state index contributed by atoms with van der Waals surface area (Å²) in [4.78, 5) is 0. The minimum absolute atomic E-state index is 0.334. The van der Waals surface area contributed by atoms with Crippen molar-refractivity contribution in [3.05, 3.63) is 11.4 Å². The highest BCUT2D eigenvalue weighted by molar-refractivity contribution is 5.14. The molecule has 1 rings (SSSR count). The number of methoxy groups -OCH3 is 1. The van der Waals surface area contributed by atoms with Gasteiger partial charge < -0.3 is 4.74 Å². The molecule has 5 heteroatoms. The molecule has 5 nitrogen and oxygen atoms in total. The minimum atomic E-state index is 0.334. The van der Waals surface area contributed by atoms with Crippen molar-refractivity contribution in [3.8, 4) is 6.07 Å². The van der Waals surface area contributed by atoms with Gasteiger partial charge >= 0.3 is 0 Å². The Kier molecular flexibility index (Phi) is 5.64. The zero-order valence-electron chi connectivity index (χ0n) is 10.8. The number of nitrogens with zero attached hydrogens (tertiary/aromatic N) is 4. The molecule has 0 spiro atoms. The summed E-state index contributed by atoms with van der Waals surface area (Å²) >= 11 is 0. The molecule has 0 N–H and O–H groups in total. The lowest BCUT2D eigenvalue weighted by Crippen LogP contribution is -2.11. The van der Waals surface area contributed by atoms with Crippen LogP contribution in [-0.4, -0.2) is 28.7 Å². The van der Waals surface area contributed by atoms with E-state index in [2.05, 4.69) is 30.2 Å². The van der Waals surface area contributed by atoms with Crippen molar-refractivity contribution in [3.63, 3.8) is 0 Å². The molecule has 0 unspecified atom stereocenters. The van der Waals surface area contributed by atoms with Gasteiger partial charge in [0.15, 0.2) is 0 Å². The van der Waals surface area contributed by atoms with E-state index in [0.29, 0.717) is 25.5 Å². The monoisotopic (exact) mass is 236 g/mol. The fraction of sp³-hybridized carbons (Fsp3) is 0.750. The third kappa shape index (κ3) is 4.16. The van der Waals surface area contributed by atoms with Crippen molar-refractivity contribution >= 4 is 0 Å². The van der Waals surface area contributed by atoms with Crippen LogP contribution in [0.25, 0.3) is 0 Å². The van der Waals surface area contributed by atoms with Crippen LogP contribution >= 0.6 is 0 Å². The van der Waals surface area contributed by atoms with E-state index in [1.165, 1.54) is 0 Å². The Bertz CT molecular complexity index is 378. The lowest BCUT2D eigenvalue weighted by Gasteiger charge is -2.08. The topological polar surface area (TPSA) is 63.7 Å². The van der Waals surface area contributed by atoms with E-state index in [4.69, 9.17) is 10.00 Å². The molecule has 1 heterocycles. The number of hydrogen-bond donors (Lipinski definition) is 0. The molecule has 1 aromatic rings. The quantitative estimate of drug-likeness (QED) is 0.721. The molecule has 0 saturated heterocycles. The maximum Gasteiger partial charge on any atom is 0.0999 e. The SMILES string of the molecule is COCCn1nnc(CC#N)c1CCC(C)C. The molecule has 0 aliphatic heterocycles. The number of ether oxygens (including phenoxy) is 1. The summed E-state index contributed by atoms with van der Waals surface area (Å²) in [7, 11) is 1.67. The van der Waals surface area contributed by atoms with Gasteiger partial charge in [-0.3, -0.25) is 0 Å². The van der Waals surface area contributed by atoms with Gasteiger partial charge in [0.2, 0.25) is 0 Å². The van der Waals surface area contributed by atoms with E-state index in [-0.39, 0.29) is 0 Å². The Morgan fingerprint density at radius 3 is 2.82 bits per heavy atom. The third-order valence-electron chi connectivity index (χ3n) is 2.63. The van der Waals surface area contributed by atoms with Crippen molar-refractivity contribution in [2.45, 2.75) is 39.7 Å². The highest BCUT2D eigenvalue weighted by atomic mass is 16.5. The van der Waals surface area contributed by atoms with Gasteiger partial charge in [0.05, 0.1) is 37.0 Å². The summed E-state index contributed by atoms with van der Waals surface area (Å²) in [5.41, 5.74) is 1.89. The molecule has 17 heavy (non-hydrogen) atoms. The van der Waals surface area contributed by atoms with Gasteiger partial charge in [-0.25, -0.2) is 4.68 Å². The second-order valence-electron chi connectivity index (χ2n) is 4.47. The van der Waals surface area contributed by atoms with Crippen LogP contribution in [0, 0.1) is 17.2 Å². The maximum absolute atomic E-state index is 8.76. The van der Waals surface area contributed by atoms with Gasteiger partial charge in [-0.2, -0.15) is 5.26 Å². The first kappa shape index (κ1) is 13.7. The molecule has 0 saturated carbocycles. The Hall–Kier alpha value is -1.41. The number of nitriles is 1. The maximum atomic E-state index is 8.76. The van der Waals surface area contributed by atoms with Crippen LogP contribution in [0.5, 0.6) is 0 Å². The Labute approximate surface area is 102 Å². The smallest absolute Gasteiger partial charge is 0.0999 e. The second-order valence-corrected chi connectivity index (χ2v) is 4.47. The number of hydrogen-bond acceptors (Lipinski definition) is 4. The van der Waals surface area contributed by atoms with Gasteiger partial charge in [-0.15, -0.1) is 5.10 Å². The van der Waals surface area contributed by atoms with E-state index < -0.39 is 0 Å². The van der Waals surface area contributed by atoms with Crippen molar-refractivity contribution in [2.24, 2.45) is 5.92 Å². The lowest BCUT2D eigenvalue weighted by molar-refractivity contribution is 0.181. The highest BCUT2D eigenvalue weighted by Gasteiger charge is 2.12. The summed E-state index contributed by atoms with van der Waals surface area (Å²) in [6, 6.07) is 2.13. The van der Waals surface area contributed by atoms with Crippen LogP contribution in [0.1, 0.15) is 31.7 Å². The first-order valence-electron chi connectivity index (χ1n) is 5.96. The van der Waals surface area contributed by atoms with E-state index in [9.17, 15) is 0 Å². The summed E-state index contributed by atoms with van der Waals surface area (Å²) in [6.45, 7) is 5.69. The lowest BCUT2D eigenvalue weighted by atomic mass is 10.0. The van der Waals surface area contributed by atoms with Gasteiger partial charge in [0.25, 0.3) is 0 Å². The van der Waals surface area contributed by atoms with Crippen LogP contribution < -0.4 is 0 Å². The van der Waals surface area contributed by atoms with Crippen LogP contribution in [0.15, 0.2) is 0 Å². The normalized spacial score (nSPS) is 10.8. The molecule has 0 amide bonds. The zero-order valence-corrected chi connectivity index (χ0v) is 10.8. The first-order valence-corrected chi connectivity index (χ1v) is 5.96. The molecule has 0 bridgehead atoms. The molecule has 0 fully saturated rings. The van der Waals surface area contributed by atoms with Gasteiger partial charge in [-0.05, 0) is 18.8 Å². The van der Waals surface area contributed by atoms with Crippen molar-refractivity contribution in [2.75, 3.05) is 13.7 Å². The summed E-state index contributed by atoms with van der Waals surface area (Å²) in [6.07, 6.45) is 2.34. The Morgan fingerprint density at radius 2 is 2.24 bits per heavy atom. The molecule has 0 radical (unpaired) electrons. The average molecular weight is 236 g/mol. The van der Waals surface area contributed by atoms with Crippen LogP contribution in [-0.2, 0) is 24.1 Å². The molecule has 1 aromatic heterocycles. The molecular weight excluding hydrogens is 216 g/mol. The number of rotatable bonds is 7. The van der Waals surface area contributed by atoms with Gasteiger partial charge in [0.1, 0.15) is 0 Å². The van der Waals surface area contributed by atoms with E-state index in [1.54, 1.807) is 7.11 Å². The van der Waals surface area contributed by atoms with Gasteiger partial charge in [-0.1, -0.05) is 19.1 Å². The molecule has 0 aromatic carbocycles. The van der Waals surface area contributed by atoms with E-state index in [0.717, 1.165) is 24.2 Å². The van der Waals surface area contributed by atoms with Gasteiger partial charge in [0, 0.05) is 7.11 Å². The Morgan fingerprint density at radius 1 is 1.47 bits per heavy atom. The fourth-order valence-electron chi connectivity index (χ4n) is 1.64. The predicted octanol–water partition coefficient (Wildman–Crippen LogP) is 1.58. The van der Waals surface area contributed by atoms with Crippen LogP contribution in [0.3, 0.4) is 0 Å². The first-order chi connectivity index (χ1) is 8.19. The fourth-order valence-corrected chi connectivity index (χ4v) is 1.64. The summed E-state index contributed by atoms with van der Waals surface area (Å²) in [5, 5.41) is 16.9. The number of aromatic nitrogens is 3. The molecule has 94 valence electrons. The van der Waals surface area contributed by atoms with Crippen molar-refractivity contribution in [1.82, 2.24) is 15.0 Å². The van der Waals surface area contributed by atoms with E-state index in [1.807, 2.05) is 4.68 Å². The minimum Gasteiger partial charge on any atom is -0.383 e. The second kappa shape index (κ2) is 7.02. The highest BCUT2D eigenvalue weighted by Crippen LogP contribution is 2.12. The predicted molar refractivity (Wildman–Crippen MR) is 64.4 cm³/mol. The van der Waals surface area contributed by atoms with Crippen LogP contribution in [0.4, 0.5) is 0 Å². The molecule has 0 atom stereocenters. The van der Waals surface area contributed by atoms with E-state index >= 15 is 0 Å². The Balaban J connectivity index is 2.78. The molecule has 0 aliphatic rings. The summed E-state index contributed by atoms with van der Waals surface area (Å²) in [5.74, 6) is 0.635. The molecule has 0 aliphatic carbocycles. The average Bonchev–Trinajstić information content (AvgIpc) is 2.67. The van der Waals surface area contributed by atoms with Crippen LogP contribution in [0.2, 0.25) is 0 Å². The van der Waals surface area contributed by atoms with Crippen molar-refractivity contribution < 1.29 is 4.74 Å². The standard InChI is InChI=1S/C12H20N4O/c1-10(2)4-5-12-11(6-7-13)14-15-16(12)8-9-17-3/h10H,4-6,8-9H2,1-3H3. The van der Waals surface area contributed by atoms with Crippen molar-refractivity contribution in [1.29, 1.82) is 5.26 Å². The largest absolute Gasteiger partial charge is 0.383 e. The zero-order chi connectivity index (χ0) is 12.7.